The summed E-state index contributed by atoms with van der Waals surface area (Å²) in [5.41, 5.74) is 1.81. The summed E-state index contributed by atoms with van der Waals surface area (Å²) < 4.78 is 14.5. The average Bonchev–Trinajstić information content (AvgIpc) is 2.69. The fourth-order valence-corrected chi connectivity index (χ4v) is 3.03. The van der Waals surface area contributed by atoms with Crippen LogP contribution < -0.4 is 10.2 Å². The first-order valence-electron chi connectivity index (χ1n) is 8.39. The highest BCUT2D eigenvalue weighted by atomic mass is 19.1. The van der Waals surface area contributed by atoms with E-state index in [9.17, 15) is 4.39 Å². The van der Waals surface area contributed by atoms with E-state index in [4.69, 9.17) is 0 Å². The largest absolute Gasteiger partial charge is 0.369 e. The van der Waals surface area contributed by atoms with Gasteiger partial charge in [0.15, 0.2) is 0 Å². The molecule has 3 heteroatoms. The fourth-order valence-electron chi connectivity index (χ4n) is 3.03. The minimum Gasteiger partial charge on any atom is -0.369 e. The predicted molar refractivity (Wildman–Crippen MR) is 88.3 cm³/mol. The van der Waals surface area contributed by atoms with Crippen LogP contribution in [0.2, 0.25) is 0 Å². The molecular weight excluding hydrogens is 263 g/mol. The molecule has 1 aromatic rings. The number of hydrogen-bond donors (Lipinski definition) is 1. The van der Waals surface area contributed by atoms with E-state index >= 15 is 0 Å². The Bertz CT molecular complexity index is 447. The van der Waals surface area contributed by atoms with E-state index in [0.29, 0.717) is 0 Å². The predicted octanol–water partition coefficient (Wildman–Crippen LogP) is 4.51. The number of rotatable bonds is 5. The summed E-state index contributed by atoms with van der Waals surface area (Å²) in [7, 11) is 0. The summed E-state index contributed by atoms with van der Waals surface area (Å²) in [6.45, 7) is 9.45. The van der Waals surface area contributed by atoms with E-state index in [1.807, 2.05) is 6.07 Å². The lowest BCUT2D eigenvalue weighted by Crippen LogP contribution is -2.25. The number of benzene rings is 1. The van der Waals surface area contributed by atoms with Gasteiger partial charge in [0.25, 0.3) is 0 Å². The zero-order chi connectivity index (χ0) is 15.2. The maximum absolute atomic E-state index is 14.5. The number of anilines is 1. The van der Waals surface area contributed by atoms with Gasteiger partial charge < -0.3 is 10.2 Å². The van der Waals surface area contributed by atoms with E-state index in [2.05, 4.69) is 37.1 Å². The van der Waals surface area contributed by atoms with Gasteiger partial charge in [0.2, 0.25) is 0 Å². The van der Waals surface area contributed by atoms with Gasteiger partial charge in [-0.05, 0) is 62.8 Å². The van der Waals surface area contributed by atoms with E-state index < -0.39 is 0 Å². The first-order valence-corrected chi connectivity index (χ1v) is 8.39. The Morgan fingerprint density at radius 3 is 2.86 bits per heavy atom. The van der Waals surface area contributed by atoms with Gasteiger partial charge in [-0.1, -0.05) is 19.9 Å². The van der Waals surface area contributed by atoms with Crippen LogP contribution >= 0.6 is 0 Å². The lowest BCUT2D eigenvalue weighted by Gasteiger charge is -2.24. The maximum Gasteiger partial charge on any atom is 0.146 e. The quantitative estimate of drug-likeness (QED) is 0.859. The van der Waals surface area contributed by atoms with Crippen LogP contribution in [0.3, 0.4) is 0 Å². The lowest BCUT2D eigenvalue weighted by atomic mass is 10.0. The van der Waals surface area contributed by atoms with Crippen LogP contribution in [0, 0.1) is 11.7 Å². The zero-order valence-electron chi connectivity index (χ0n) is 13.7. The normalized spacial score (nSPS) is 21.1. The molecule has 1 aromatic carbocycles. The highest BCUT2D eigenvalue weighted by Crippen LogP contribution is 2.27. The Morgan fingerprint density at radius 2 is 2.14 bits per heavy atom. The average molecular weight is 292 g/mol. The number of hydrogen-bond acceptors (Lipinski definition) is 2. The first-order chi connectivity index (χ1) is 10.1. The molecule has 0 saturated carbocycles. The van der Waals surface area contributed by atoms with Crippen molar-refractivity contribution in [3.8, 4) is 0 Å². The summed E-state index contributed by atoms with van der Waals surface area (Å²) in [5, 5.41) is 3.41. The van der Waals surface area contributed by atoms with Crippen LogP contribution in [0.4, 0.5) is 10.1 Å². The van der Waals surface area contributed by atoms with Gasteiger partial charge in [0.1, 0.15) is 5.82 Å². The molecule has 0 amide bonds. The minimum atomic E-state index is -0.0767. The summed E-state index contributed by atoms with van der Waals surface area (Å²) >= 11 is 0. The molecule has 0 spiro atoms. The van der Waals surface area contributed by atoms with Crippen molar-refractivity contribution in [2.75, 3.05) is 24.5 Å². The van der Waals surface area contributed by atoms with Crippen LogP contribution in [-0.4, -0.2) is 19.6 Å². The number of nitrogens with zero attached hydrogens (tertiary/aromatic N) is 1. The Labute approximate surface area is 128 Å². The van der Waals surface area contributed by atoms with Crippen LogP contribution in [0.25, 0.3) is 0 Å². The smallest absolute Gasteiger partial charge is 0.146 e. The van der Waals surface area contributed by atoms with Crippen molar-refractivity contribution in [1.82, 2.24) is 5.32 Å². The zero-order valence-corrected chi connectivity index (χ0v) is 13.7. The highest BCUT2D eigenvalue weighted by Gasteiger charge is 2.17. The summed E-state index contributed by atoms with van der Waals surface area (Å²) in [4.78, 5) is 2.22. The van der Waals surface area contributed by atoms with Crippen LogP contribution in [0.15, 0.2) is 18.2 Å². The molecule has 0 bridgehead atoms. The Hall–Kier alpha value is -1.09. The van der Waals surface area contributed by atoms with Crippen molar-refractivity contribution in [2.45, 2.75) is 52.5 Å². The molecule has 1 fully saturated rings. The molecular formula is C18H29FN2. The minimum absolute atomic E-state index is 0.0767. The maximum atomic E-state index is 14.5. The molecule has 1 aliphatic heterocycles. The third kappa shape index (κ3) is 4.44. The second-order valence-electron chi connectivity index (χ2n) is 6.41. The van der Waals surface area contributed by atoms with Gasteiger partial charge in [0.05, 0.1) is 5.69 Å². The monoisotopic (exact) mass is 292 g/mol. The highest BCUT2D eigenvalue weighted by molar-refractivity contribution is 5.49. The van der Waals surface area contributed by atoms with Gasteiger partial charge in [-0.3, -0.25) is 0 Å². The van der Waals surface area contributed by atoms with Gasteiger partial charge >= 0.3 is 0 Å². The van der Waals surface area contributed by atoms with Gasteiger partial charge in [-0.15, -0.1) is 0 Å². The van der Waals surface area contributed by atoms with Gasteiger partial charge in [-0.25, -0.2) is 4.39 Å². The Kier molecular flexibility index (Phi) is 6.04. The molecule has 2 rings (SSSR count). The molecule has 1 N–H and O–H groups in total. The second-order valence-corrected chi connectivity index (χ2v) is 6.41. The third-order valence-corrected chi connectivity index (χ3v) is 4.53. The van der Waals surface area contributed by atoms with Crippen LogP contribution in [-0.2, 0) is 0 Å². The SMILES string of the molecule is CCCNC(C)c1ccc(N2CCCC(C)CC2)c(F)c1. The van der Waals surface area contributed by atoms with Crippen molar-refractivity contribution in [1.29, 1.82) is 0 Å². The van der Waals surface area contributed by atoms with Gasteiger partial charge in [-0.2, -0.15) is 0 Å². The molecule has 2 atom stereocenters. The third-order valence-electron chi connectivity index (χ3n) is 4.53. The number of nitrogens with one attached hydrogen (secondary N) is 1. The summed E-state index contributed by atoms with van der Waals surface area (Å²) in [6.07, 6.45) is 4.68. The fraction of sp³-hybridized carbons (Fsp3) is 0.667. The second kappa shape index (κ2) is 7.79. The molecule has 0 radical (unpaired) electrons. The molecule has 1 heterocycles. The Morgan fingerprint density at radius 1 is 1.33 bits per heavy atom. The van der Waals surface area contributed by atoms with Crippen molar-refractivity contribution in [2.24, 2.45) is 5.92 Å². The standard InChI is InChI=1S/C18H29FN2/c1-4-10-20-15(3)16-7-8-18(17(19)13-16)21-11-5-6-14(2)9-12-21/h7-8,13-15,20H,4-6,9-12H2,1-3H3. The molecule has 1 saturated heterocycles. The molecule has 118 valence electrons. The van der Waals surface area contributed by atoms with Gasteiger partial charge in [0, 0.05) is 19.1 Å². The van der Waals surface area contributed by atoms with E-state index in [1.165, 1.54) is 6.42 Å². The van der Waals surface area contributed by atoms with E-state index in [-0.39, 0.29) is 11.9 Å². The van der Waals surface area contributed by atoms with Crippen molar-refractivity contribution in [3.05, 3.63) is 29.6 Å². The van der Waals surface area contributed by atoms with Crippen molar-refractivity contribution < 1.29 is 4.39 Å². The first kappa shape index (κ1) is 16.3. The Balaban J connectivity index is 2.08. The molecule has 0 aliphatic carbocycles. The van der Waals surface area contributed by atoms with Crippen molar-refractivity contribution >= 4 is 5.69 Å². The molecule has 0 aromatic heterocycles. The summed E-state index contributed by atoms with van der Waals surface area (Å²) in [5.74, 6) is 0.683. The number of halogens is 1. The molecule has 2 nitrogen and oxygen atoms in total. The van der Waals surface area contributed by atoms with Crippen molar-refractivity contribution in [3.63, 3.8) is 0 Å². The summed E-state index contributed by atoms with van der Waals surface area (Å²) in [6, 6.07) is 5.94. The van der Waals surface area contributed by atoms with Crippen LogP contribution in [0.5, 0.6) is 0 Å². The molecule has 2 unspecified atom stereocenters. The molecule has 21 heavy (non-hydrogen) atoms. The van der Waals surface area contributed by atoms with Crippen LogP contribution in [0.1, 0.15) is 58.1 Å². The van der Waals surface area contributed by atoms with E-state index in [0.717, 1.165) is 56.1 Å². The van der Waals surface area contributed by atoms with E-state index in [1.54, 1.807) is 6.07 Å². The lowest BCUT2D eigenvalue weighted by molar-refractivity contribution is 0.520. The topological polar surface area (TPSA) is 15.3 Å². The molecule has 1 aliphatic rings.